The molecule has 21 heavy (non-hydrogen) atoms. The van der Waals surface area contributed by atoms with Gasteiger partial charge in [-0.25, -0.2) is 17.5 Å². The molecular formula is C12H15FN2O4S2. The number of benzene rings is 1. The number of hydrogen-bond acceptors (Lipinski definition) is 5. The number of methoxy groups -OCH3 is 1. The molecule has 6 nitrogen and oxygen atoms in total. The Morgan fingerprint density at radius 3 is 2.67 bits per heavy atom. The van der Waals surface area contributed by atoms with Gasteiger partial charge in [0.05, 0.1) is 19.3 Å². The van der Waals surface area contributed by atoms with Gasteiger partial charge in [-0.2, -0.15) is 0 Å². The Morgan fingerprint density at radius 1 is 1.48 bits per heavy atom. The van der Waals surface area contributed by atoms with E-state index in [2.05, 4.69) is 9.46 Å². The Kier molecular flexibility index (Phi) is 6.19. The van der Waals surface area contributed by atoms with Gasteiger partial charge in [-0.05, 0) is 6.07 Å². The molecule has 3 N–H and O–H groups in total. The van der Waals surface area contributed by atoms with Crippen LogP contribution in [0.3, 0.4) is 0 Å². The van der Waals surface area contributed by atoms with Crippen molar-refractivity contribution in [3.05, 3.63) is 35.1 Å². The Morgan fingerprint density at radius 2 is 2.14 bits per heavy atom. The van der Waals surface area contributed by atoms with E-state index in [1.807, 2.05) is 0 Å². The zero-order valence-corrected chi connectivity index (χ0v) is 12.9. The first-order valence-electron chi connectivity index (χ1n) is 5.87. The van der Waals surface area contributed by atoms with Crippen molar-refractivity contribution in [2.75, 3.05) is 12.9 Å². The molecule has 0 fully saturated rings. The second-order valence-corrected chi connectivity index (χ2v) is 6.50. The zero-order chi connectivity index (χ0) is 16.0. The molecule has 0 aromatic heterocycles. The molecule has 0 aliphatic carbocycles. The van der Waals surface area contributed by atoms with Gasteiger partial charge in [-0.3, -0.25) is 4.79 Å². The summed E-state index contributed by atoms with van der Waals surface area (Å²) in [7, 11) is -2.53. The maximum absolute atomic E-state index is 13.7. The van der Waals surface area contributed by atoms with Crippen molar-refractivity contribution < 1.29 is 22.3 Å². The van der Waals surface area contributed by atoms with Crippen molar-refractivity contribution in [3.63, 3.8) is 0 Å². The summed E-state index contributed by atoms with van der Waals surface area (Å²) in [5.41, 5.74) is 5.88. The van der Waals surface area contributed by atoms with E-state index in [-0.39, 0.29) is 23.5 Å². The van der Waals surface area contributed by atoms with E-state index >= 15 is 0 Å². The number of halogens is 1. The van der Waals surface area contributed by atoms with Crippen molar-refractivity contribution in [1.82, 2.24) is 4.72 Å². The molecule has 9 heteroatoms. The predicted molar refractivity (Wildman–Crippen MR) is 79.5 cm³/mol. The van der Waals surface area contributed by atoms with E-state index in [1.165, 1.54) is 19.2 Å². The number of ether oxygens (including phenoxy) is 1. The average molecular weight is 334 g/mol. The van der Waals surface area contributed by atoms with Crippen LogP contribution in [0, 0.1) is 5.82 Å². The minimum Gasteiger partial charge on any atom is -0.469 e. The van der Waals surface area contributed by atoms with Crippen LogP contribution in [0.25, 0.3) is 0 Å². The summed E-state index contributed by atoms with van der Waals surface area (Å²) in [6.07, 6.45) is -0.269. The van der Waals surface area contributed by atoms with Crippen molar-refractivity contribution in [2.24, 2.45) is 5.73 Å². The van der Waals surface area contributed by atoms with Crippen LogP contribution in [0.5, 0.6) is 0 Å². The highest BCUT2D eigenvalue weighted by atomic mass is 32.2. The summed E-state index contributed by atoms with van der Waals surface area (Å²) in [6, 6.07) is 4.04. The molecule has 0 aliphatic rings. The van der Waals surface area contributed by atoms with Crippen molar-refractivity contribution >= 4 is 33.2 Å². The summed E-state index contributed by atoms with van der Waals surface area (Å²) in [6.45, 7) is -0.229. The van der Waals surface area contributed by atoms with Crippen LogP contribution in [-0.2, 0) is 26.1 Å². The highest BCUT2D eigenvalue weighted by molar-refractivity contribution is 7.89. The molecule has 0 heterocycles. The first kappa shape index (κ1) is 17.5. The normalized spacial score (nSPS) is 11.1. The maximum atomic E-state index is 13.7. The van der Waals surface area contributed by atoms with Crippen LogP contribution in [0.2, 0.25) is 0 Å². The lowest BCUT2D eigenvalue weighted by Gasteiger charge is -2.08. The minimum atomic E-state index is -3.70. The lowest BCUT2D eigenvalue weighted by atomic mass is 10.1. The standard InChI is InChI=1S/C12H15FN2O4S2/c1-19-11(16)4-5-21(17,18)15-7-9-3-2-8(12(14)20)6-10(9)13/h2-3,6,15H,4-5,7H2,1H3,(H2,14,20). The number of thiocarbonyl (C=S) groups is 1. The van der Waals surface area contributed by atoms with Crippen LogP contribution < -0.4 is 10.5 Å². The summed E-state index contributed by atoms with van der Waals surface area (Å²) in [5, 5.41) is 0. The number of carbonyl (C=O) groups excluding carboxylic acids is 1. The topological polar surface area (TPSA) is 98.5 Å². The summed E-state index contributed by atoms with van der Waals surface area (Å²) >= 11 is 4.71. The van der Waals surface area contributed by atoms with Crippen LogP contribution in [0.1, 0.15) is 17.5 Å². The summed E-state index contributed by atoms with van der Waals surface area (Å²) in [4.78, 5) is 10.9. The predicted octanol–water partition coefficient (Wildman–Crippen LogP) is 0.442. The highest BCUT2D eigenvalue weighted by Crippen LogP contribution is 2.11. The van der Waals surface area contributed by atoms with Crippen LogP contribution in [0.4, 0.5) is 4.39 Å². The minimum absolute atomic E-state index is 0.0547. The lowest BCUT2D eigenvalue weighted by molar-refractivity contribution is -0.140. The smallest absolute Gasteiger partial charge is 0.306 e. The number of sulfonamides is 1. The van der Waals surface area contributed by atoms with E-state index in [9.17, 15) is 17.6 Å². The van der Waals surface area contributed by atoms with Crippen LogP contribution in [0.15, 0.2) is 18.2 Å². The monoisotopic (exact) mass is 334 g/mol. The van der Waals surface area contributed by atoms with Crippen LogP contribution >= 0.6 is 12.2 Å². The molecule has 0 saturated carbocycles. The van der Waals surface area contributed by atoms with Gasteiger partial charge in [-0.1, -0.05) is 24.4 Å². The SMILES string of the molecule is COC(=O)CCS(=O)(=O)NCc1ccc(C(N)=S)cc1F. The molecule has 116 valence electrons. The Hall–Kier alpha value is -1.58. The maximum Gasteiger partial charge on any atom is 0.306 e. The van der Waals surface area contributed by atoms with E-state index < -0.39 is 27.6 Å². The average Bonchev–Trinajstić information content (AvgIpc) is 2.43. The lowest BCUT2D eigenvalue weighted by Crippen LogP contribution is -2.27. The van der Waals surface area contributed by atoms with Crippen LogP contribution in [-0.4, -0.2) is 32.2 Å². The van der Waals surface area contributed by atoms with Gasteiger partial charge in [0.1, 0.15) is 10.8 Å². The molecule has 0 atom stereocenters. The first-order valence-corrected chi connectivity index (χ1v) is 7.93. The van der Waals surface area contributed by atoms with Gasteiger partial charge in [-0.15, -0.1) is 0 Å². The molecule has 0 radical (unpaired) electrons. The third kappa shape index (κ3) is 5.74. The molecule has 1 aromatic rings. The first-order chi connectivity index (χ1) is 9.75. The number of esters is 1. The van der Waals surface area contributed by atoms with E-state index in [0.29, 0.717) is 5.56 Å². The van der Waals surface area contributed by atoms with E-state index in [4.69, 9.17) is 18.0 Å². The molecule has 1 aromatic carbocycles. The number of nitrogens with two attached hydrogens (primary N) is 1. The van der Waals surface area contributed by atoms with Gasteiger partial charge in [0, 0.05) is 17.7 Å². The number of nitrogens with one attached hydrogen (secondary N) is 1. The van der Waals surface area contributed by atoms with Crippen molar-refractivity contribution in [3.8, 4) is 0 Å². The molecule has 0 amide bonds. The van der Waals surface area contributed by atoms with Gasteiger partial charge in [0.15, 0.2) is 0 Å². The second kappa shape index (κ2) is 7.43. The fraction of sp³-hybridized carbons (Fsp3) is 0.333. The fourth-order valence-corrected chi connectivity index (χ4v) is 2.51. The number of rotatable bonds is 7. The molecule has 1 rings (SSSR count). The number of carbonyl (C=O) groups is 1. The largest absolute Gasteiger partial charge is 0.469 e. The zero-order valence-electron chi connectivity index (χ0n) is 11.3. The molecule has 0 spiro atoms. The molecule has 0 unspecified atom stereocenters. The van der Waals surface area contributed by atoms with Gasteiger partial charge in [0.25, 0.3) is 0 Å². The van der Waals surface area contributed by atoms with Gasteiger partial charge < -0.3 is 10.5 Å². The highest BCUT2D eigenvalue weighted by Gasteiger charge is 2.14. The summed E-state index contributed by atoms with van der Waals surface area (Å²) < 4.78 is 43.5. The van der Waals surface area contributed by atoms with E-state index in [0.717, 1.165) is 6.07 Å². The van der Waals surface area contributed by atoms with E-state index in [1.54, 1.807) is 0 Å². The third-order valence-electron chi connectivity index (χ3n) is 2.62. The Balaban J connectivity index is 2.66. The van der Waals surface area contributed by atoms with Gasteiger partial charge >= 0.3 is 5.97 Å². The molecular weight excluding hydrogens is 319 g/mol. The van der Waals surface area contributed by atoms with Crippen molar-refractivity contribution in [1.29, 1.82) is 0 Å². The molecule has 0 saturated heterocycles. The fourth-order valence-electron chi connectivity index (χ4n) is 1.42. The summed E-state index contributed by atoms with van der Waals surface area (Å²) in [5.74, 6) is -1.67. The molecule has 0 aliphatic heterocycles. The molecule has 0 bridgehead atoms. The second-order valence-electron chi connectivity index (χ2n) is 4.14. The Bertz CT molecular complexity index is 647. The van der Waals surface area contributed by atoms with Gasteiger partial charge in [0.2, 0.25) is 10.0 Å². The quantitative estimate of drug-likeness (QED) is 0.555. The Labute approximate surface area is 127 Å². The van der Waals surface area contributed by atoms with Crippen molar-refractivity contribution in [2.45, 2.75) is 13.0 Å². The third-order valence-corrected chi connectivity index (χ3v) is 4.18. The number of hydrogen-bond donors (Lipinski definition) is 2.